The Kier molecular flexibility index (Phi) is 6.11. The van der Waals surface area contributed by atoms with Gasteiger partial charge in [-0.15, -0.1) is 0 Å². The summed E-state index contributed by atoms with van der Waals surface area (Å²) >= 11 is 0. The number of benzene rings is 2. The number of halogens is 2. The summed E-state index contributed by atoms with van der Waals surface area (Å²) in [5.41, 5.74) is 1.11. The van der Waals surface area contributed by atoms with E-state index in [1.54, 1.807) is 19.1 Å². The van der Waals surface area contributed by atoms with Crippen LogP contribution in [0.25, 0.3) is 0 Å². The largest absolute Gasteiger partial charge is 0.497 e. The van der Waals surface area contributed by atoms with Gasteiger partial charge in [-0.1, -0.05) is 18.2 Å². The number of methoxy groups -OCH3 is 1. The lowest BCUT2D eigenvalue weighted by molar-refractivity contribution is 0.414. The van der Waals surface area contributed by atoms with Crippen molar-refractivity contribution in [1.29, 1.82) is 0 Å². The Balaban J connectivity index is 1.56. The summed E-state index contributed by atoms with van der Waals surface area (Å²) in [4.78, 5) is 5.97. The van der Waals surface area contributed by atoms with E-state index >= 15 is 0 Å². The van der Waals surface area contributed by atoms with Crippen molar-refractivity contribution in [2.75, 3.05) is 32.1 Å². The van der Waals surface area contributed by atoms with Gasteiger partial charge in [-0.2, -0.15) is 0 Å². The molecule has 1 aliphatic rings. The number of para-hydroxylation sites is 1. The van der Waals surface area contributed by atoms with Crippen LogP contribution in [0.2, 0.25) is 0 Å². The van der Waals surface area contributed by atoms with Gasteiger partial charge in [0.05, 0.1) is 7.11 Å². The van der Waals surface area contributed by atoms with Gasteiger partial charge in [-0.3, -0.25) is 4.99 Å². The Labute approximate surface area is 158 Å². The maximum absolute atomic E-state index is 14.0. The standard InChI is InChI=1S/C20H24F2N4O/c1-23-20(24-12-14-5-3-6-16(11-14)27-2)25-15-9-10-26(13-15)19-17(21)7-4-8-18(19)22/h3-8,11,15H,9-10,12-13H2,1-2H3,(H2,23,24,25). The summed E-state index contributed by atoms with van der Waals surface area (Å²) in [6.07, 6.45) is 0.771. The predicted octanol–water partition coefficient (Wildman–Crippen LogP) is 2.92. The van der Waals surface area contributed by atoms with Crippen LogP contribution >= 0.6 is 0 Å². The van der Waals surface area contributed by atoms with Crippen LogP contribution in [-0.2, 0) is 6.54 Å². The highest BCUT2D eigenvalue weighted by Crippen LogP contribution is 2.26. The molecule has 2 aromatic carbocycles. The summed E-state index contributed by atoms with van der Waals surface area (Å²) < 4.78 is 33.2. The van der Waals surface area contributed by atoms with Crippen molar-refractivity contribution < 1.29 is 13.5 Å². The number of nitrogens with zero attached hydrogens (tertiary/aromatic N) is 2. The first-order chi connectivity index (χ1) is 13.1. The third-order valence-electron chi connectivity index (χ3n) is 4.60. The second-order valence-corrected chi connectivity index (χ2v) is 6.42. The molecule has 0 radical (unpaired) electrons. The van der Waals surface area contributed by atoms with Gasteiger partial charge in [-0.05, 0) is 36.2 Å². The lowest BCUT2D eigenvalue weighted by Gasteiger charge is -2.21. The second kappa shape index (κ2) is 8.70. The molecule has 1 saturated heterocycles. The minimum atomic E-state index is -0.531. The first-order valence-corrected chi connectivity index (χ1v) is 8.89. The normalized spacial score (nSPS) is 17.1. The third-order valence-corrected chi connectivity index (χ3v) is 4.60. The fraction of sp³-hybridized carbons (Fsp3) is 0.350. The van der Waals surface area contributed by atoms with Crippen LogP contribution in [0, 0.1) is 11.6 Å². The number of nitrogens with one attached hydrogen (secondary N) is 2. The third kappa shape index (κ3) is 4.67. The van der Waals surface area contributed by atoms with Crippen molar-refractivity contribution in [3.05, 3.63) is 59.7 Å². The number of anilines is 1. The quantitative estimate of drug-likeness (QED) is 0.624. The van der Waals surface area contributed by atoms with Crippen molar-refractivity contribution in [1.82, 2.24) is 10.6 Å². The lowest BCUT2D eigenvalue weighted by Crippen LogP contribution is -2.44. The zero-order valence-electron chi connectivity index (χ0n) is 15.5. The average Bonchev–Trinajstić information content (AvgIpc) is 3.13. The Morgan fingerprint density at radius 2 is 1.96 bits per heavy atom. The van der Waals surface area contributed by atoms with Crippen LogP contribution in [-0.4, -0.2) is 39.2 Å². The van der Waals surface area contributed by atoms with Crippen molar-refractivity contribution in [3.63, 3.8) is 0 Å². The van der Waals surface area contributed by atoms with Crippen LogP contribution in [0.5, 0.6) is 5.75 Å². The highest BCUT2D eigenvalue weighted by Gasteiger charge is 2.27. The van der Waals surface area contributed by atoms with E-state index in [-0.39, 0.29) is 11.7 Å². The second-order valence-electron chi connectivity index (χ2n) is 6.42. The molecule has 1 fully saturated rings. The summed E-state index contributed by atoms with van der Waals surface area (Å²) in [6.45, 7) is 1.69. The van der Waals surface area contributed by atoms with E-state index in [0.717, 1.165) is 17.7 Å². The Bertz CT molecular complexity index is 792. The SMILES string of the molecule is CN=C(NCc1cccc(OC)c1)NC1CCN(c2c(F)cccc2F)C1. The first-order valence-electron chi connectivity index (χ1n) is 8.89. The molecular weight excluding hydrogens is 350 g/mol. The molecule has 0 aromatic heterocycles. The summed E-state index contributed by atoms with van der Waals surface area (Å²) in [6, 6.07) is 11.8. The molecule has 0 spiro atoms. The minimum Gasteiger partial charge on any atom is -0.497 e. The van der Waals surface area contributed by atoms with Crippen molar-refractivity contribution in [2.45, 2.75) is 19.0 Å². The molecule has 0 saturated carbocycles. The highest BCUT2D eigenvalue weighted by molar-refractivity contribution is 5.80. The molecule has 1 unspecified atom stereocenters. The molecule has 5 nitrogen and oxygen atoms in total. The molecule has 27 heavy (non-hydrogen) atoms. The van der Waals surface area contributed by atoms with Crippen LogP contribution in [0.1, 0.15) is 12.0 Å². The molecular formula is C20H24F2N4O. The van der Waals surface area contributed by atoms with Crippen LogP contribution in [0.3, 0.4) is 0 Å². The molecule has 0 bridgehead atoms. The fourth-order valence-corrected chi connectivity index (χ4v) is 3.23. The number of aliphatic imine (C=N–C) groups is 1. The van der Waals surface area contributed by atoms with E-state index in [1.807, 2.05) is 24.3 Å². The Morgan fingerprint density at radius 1 is 1.22 bits per heavy atom. The Hall–Kier alpha value is -2.83. The van der Waals surface area contributed by atoms with Gasteiger partial charge in [0.1, 0.15) is 23.1 Å². The monoisotopic (exact) mass is 374 g/mol. The summed E-state index contributed by atoms with van der Waals surface area (Å²) in [7, 11) is 3.33. The van der Waals surface area contributed by atoms with Gasteiger partial charge in [0.15, 0.2) is 5.96 Å². The van der Waals surface area contributed by atoms with Crippen LogP contribution in [0.15, 0.2) is 47.5 Å². The van der Waals surface area contributed by atoms with E-state index in [9.17, 15) is 8.78 Å². The topological polar surface area (TPSA) is 48.9 Å². The van der Waals surface area contributed by atoms with Crippen LogP contribution < -0.4 is 20.3 Å². The highest BCUT2D eigenvalue weighted by atomic mass is 19.1. The van der Waals surface area contributed by atoms with E-state index in [2.05, 4.69) is 15.6 Å². The molecule has 0 amide bonds. The number of rotatable bonds is 5. The van der Waals surface area contributed by atoms with E-state index in [0.29, 0.717) is 25.6 Å². The molecule has 3 rings (SSSR count). The van der Waals surface area contributed by atoms with Gasteiger partial charge in [0, 0.05) is 32.7 Å². The molecule has 1 aliphatic heterocycles. The molecule has 0 aliphatic carbocycles. The first kappa shape index (κ1) is 18.9. The van der Waals surface area contributed by atoms with Gasteiger partial charge in [0.25, 0.3) is 0 Å². The number of ether oxygens (including phenoxy) is 1. The van der Waals surface area contributed by atoms with Crippen LogP contribution in [0.4, 0.5) is 14.5 Å². The molecule has 1 heterocycles. The smallest absolute Gasteiger partial charge is 0.191 e. The maximum atomic E-state index is 14.0. The van der Waals surface area contributed by atoms with E-state index in [4.69, 9.17) is 4.74 Å². The molecule has 2 aromatic rings. The molecule has 1 atom stereocenters. The molecule has 7 heteroatoms. The lowest BCUT2D eigenvalue weighted by atomic mass is 10.2. The predicted molar refractivity (Wildman–Crippen MR) is 103 cm³/mol. The summed E-state index contributed by atoms with van der Waals surface area (Å²) in [5, 5.41) is 6.58. The average molecular weight is 374 g/mol. The van der Waals surface area contributed by atoms with Gasteiger partial charge < -0.3 is 20.3 Å². The molecule has 2 N–H and O–H groups in total. The minimum absolute atomic E-state index is 0.0427. The maximum Gasteiger partial charge on any atom is 0.191 e. The number of hydrogen-bond donors (Lipinski definition) is 2. The van der Waals surface area contributed by atoms with Crippen molar-refractivity contribution >= 4 is 11.6 Å². The van der Waals surface area contributed by atoms with E-state index < -0.39 is 11.6 Å². The van der Waals surface area contributed by atoms with Crippen molar-refractivity contribution in [2.24, 2.45) is 4.99 Å². The van der Waals surface area contributed by atoms with Gasteiger partial charge >= 0.3 is 0 Å². The molecule has 144 valence electrons. The zero-order valence-corrected chi connectivity index (χ0v) is 15.5. The fourth-order valence-electron chi connectivity index (χ4n) is 3.23. The van der Waals surface area contributed by atoms with Gasteiger partial charge in [0.2, 0.25) is 0 Å². The number of hydrogen-bond acceptors (Lipinski definition) is 3. The zero-order chi connectivity index (χ0) is 19.2. The van der Waals surface area contributed by atoms with Crippen molar-refractivity contribution in [3.8, 4) is 5.75 Å². The Morgan fingerprint density at radius 3 is 2.67 bits per heavy atom. The van der Waals surface area contributed by atoms with Gasteiger partial charge in [-0.25, -0.2) is 8.78 Å². The van der Waals surface area contributed by atoms with E-state index in [1.165, 1.54) is 18.2 Å². The summed E-state index contributed by atoms with van der Waals surface area (Å²) in [5.74, 6) is 0.390. The number of guanidine groups is 1.